The Morgan fingerprint density at radius 3 is 2.25 bits per heavy atom. The molecule has 0 spiro atoms. The van der Waals surface area contributed by atoms with E-state index >= 15 is 0 Å². The van der Waals surface area contributed by atoms with E-state index in [1.165, 1.54) is 50.1 Å². The van der Waals surface area contributed by atoms with Crippen molar-refractivity contribution in [3.05, 3.63) is 48.0 Å². The summed E-state index contributed by atoms with van der Waals surface area (Å²) >= 11 is 0. The molecule has 0 fully saturated rings. The fraction of sp³-hybridized carbons (Fsp3) is 0.500. The second kappa shape index (κ2) is 12.3. The van der Waals surface area contributed by atoms with Crippen molar-refractivity contribution in [3.8, 4) is 0 Å². The molecule has 2 heteroatoms. The zero-order chi connectivity index (χ0) is 13.9. The van der Waals surface area contributed by atoms with Gasteiger partial charge in [-0.05, 0) is 26.1 Å². The van der Waals surface area contributed by atoms with Crippen LogP contribution in [0.2, 0.25) is 0 Å². The molecule has 0 aliphatic rings. The van der Waals surface area contributed by atoms with E-state index < -0.39 is 0 Å². The quantitative estimate of drug-likeness (QED) is 0.469. The van der Waals surface area contributed by atoms with Crippen LogP contribution in [0.1, 0.15) is 51.0 Å². The molecule has 0 bridgehead atoms. The van der Waals surface area contributed by atoms with E-state index in [1.807, 2.05) is 0 Å². The monoisotopic (exact) mass is 266 g/mol. The first-order chi connectivity index (χ1) is 9.24. The van der Waals surface area contributed by atoms with Gasteiger partial charge in [0, 0.05) is 0 Å². The van der Waals surface area contributed by atoms with Crippen LogP contribution in [0.5, 0.6) is 0 Å². The molecule has 0 saturated carbocycles. The summed E-state index contributed by atoms with van der Waals surface area (Å²) in [7, 11) is 4.27. The van der Waals surface area contributed by atoms with Crippen LogP contribution in [0.4, 0.5) is 0 Å². The Bertz CT molecular complexity index is 346. The molecule has 1 rings (SSSR count). The number of hydrogen-bond donors (Lipinski definition) is 0. The molecule has 0 atom stereocenters. The van der Waals surface area contributed by atoms with Gasteiger partial charge in [0.15, 0.2) is 0 Å². The fourth-order valence-corrected chi connectivity index (χ4v) is 2.12. The van der Waals surface area contributed by atoms with Crippen LogP contribution in [0, 0.1) is 6.04 Å². The Balaban J connectivity index is 0.00000361. The third-order valence-electron chi connectivity index (χ3n) is 3.38. The third-order valence-corrected chi connectivity index (χ3v) is 3.38. The molecule has 0 unspecified atom stereocenters. The van der Waals surface area contributed by atoms with Crippen molar-refractivity contribution in [2.75, 3.05) is 14.1 Å². The average Bonchev–Trinajstić information content (AvgIpc) is 2.42. The van der Waals surface area contributed by atoms with Crippen LogP contribution >= 0.6 is 0 Å². The van der Waals surface area contributed by atoms with Crippen LogP contribution < -0.4 is 0 Å². The van der Waals surface area contributed by atoms with Crippen molar-refractivity contribution in [2.24, 2.45) is 0 Å². The summed E-state index contributed by atoms with van der Waals surface area (Å²) in [6.45, 7) is 2.26. The summed E-state index contributed by atoms with van der Waals surface area (Å²) in [6.07, 6.45) is 12.4. The first-order valence-electron chi connectivity index (χ1n) is 7.50. The van der Waals surface area contributed by atoms with Gasteiger partial charge >= 0.3 is 18.9 Å². The predicted molar refractivity (Wildman–Crippen MR) is 92.9 cm³/mol. The molecule has 1 radical (unpaired) electrons. The van der Waals surface area contributed by atoms with Gasteiger partial charge in [-0.2, -0.15) is 0 Å². The Kier molecular flexibility index (Phi) is 12.0. The van der Waals surface area contributed by atoms with Crippen LogP contribution in [0.15, 0.2) is 36.4 Å². The first-order valence-corrected chi connectivity index (χ1v) is 7.50. The third kappa shape index (κ3) is 8.64. The Hall–Kier alpha value is -0.483. The van der Waals surface area contributed by atoms with Crippen molar-refractivity contribution in [2.45, 2.75) is 45.4 Å². The number of nitrogens with zero attached hydrogens (tertiary/aromatic N) is 1. The van der Waals surface area contributed by atoms with E-state index in [-0.39, 0.29) is 18.9 Å². The minimum absolute atomic E-state index is 0. The van der Waals surface area contributed by atoms with Crippen molar-refractivity contribution >= 4 is 24.9 Å². The molecule has 0 aromatic heterocycles. The van der Waals surface area contributed by atoms with Crippen molar-refractivity contribution in [1.29, 1.82) is 0 Å². The van der Waals surface area contributed by atoms with Gasteiger partial charge in [-0.15, -0.1) is 0 Å². The molecule has 0 heterocycles. The summed E-state index contributed by atoms with van der Waals surface area (Å²) in [5.74, 6) is 0. The average molecular weight is 266 g/mol. The van der Waals surface area contributed by atoms with Gasteiger partial charge in [0.05, 0.1) is 6.04 Å². The second-order valence-corrected chi connectivity index (χ2v) is 5.29. The van der Waals surface area contributed by atoms with E-state index in [2.05, 4.69) is 68.4 Å². The SMILES string of the molecule is CCCCCCC[C](C=Cc1ccccc1)N(C)C.[LiH]. The van der Waals surface area contributed by atoms with E-state index in [0.29, 0.717) is 0 Å². The maximum atomic E-state index is 2.26. The Labute approximate surface area is 137 Å². The fourth-order valence-electron chi connectivity index (χ4n) is 2.12. The van der Waals surface area contributed by atoms with Gasteiger partial charge in [-0.3, -0.25) is 4.90 Å². The topological polar surface area (TPSA) is 3.24 Å². The molecule has 1 aromatic rings. The van der Waals surface area contributed by atoms with Gasteiger partial charge in [-0.1, -0.05) is 81.5 Å². The summed E-state index contributed by atoms with van der Waals surface area (Å²) in [6, 6.07) is 11.9. The molecule has 107 valence electrons. The number of rotatable bonds is 9. The molecule has 0 aliphatic carbocycles. The molecule has 1 nitrogen and oxygen atoms in total. The zero-order valence-corrected chi connectivity index (χ0v) is 12.7. The van der Waals surface area contributed by atoms with Crippen molar-refractivity contribution in [3.63, 3.8) is 0 Å². The van der Waals surface area contributed by atoms with E-state index in [0.717, 1.165) is 0 Å². The number of unbranched alkanes of at least 4 members (excludes halogenated alkanes) is 4. The van der Waals surface area contributed by atoms with Crippen LogP contribution in [0.3, 0.4) is 0 Å². The molecular weight excluding hydrogens is 237 g/mol. The molecular formula is C18H29LiN. The van der Waals surface area contributed by atoms with Crippen molar-refractivity contribution < 1.29 is 0 Å². The second-order valence-electron chi connectivity index (χ2n) is 5.29. The zero-order valence-electron chi connectivity index (χ0n) is 12.7. The molecule has 1 aromatic carbocycles. The van der Waals surface area contributed by atoms with E-state index in [9.17, 15) is 0 Å². The number of hydrogen-bond acceptors (Lipinski definition) is 1. The van der Waals surface area contributed by atoms with Gasteiger partial charge < -0.3 is 0 Å². The predicted octanol–water partition coefficient (Wildman–Crippen LogP) is 4.51. The normalized spacial score (nSPS) is 11.2. The van der Waals surface area contributed by atoms with Crippen LogP contribution in [0.25, 0.3) is 6.08 Å². The molecule has 0 saturated heterocycles. The van der Waals surface area contributed by atoms with E-state index in [4.69, 9.17) is 0 Å². The maximum absolute atomic E-state index is 2.26. The van der Waals surface area contributed by atoms with Crippen LogP contribution in [-0.2, 0) is 0 Å². The number of likely N-dealkylation sites (N-methyl/N-ethyl adjacent to an activating group) is 1. The van der Waals surface area contributed by atoms with E-state index in [1.54, 1.807) is 0 Å². The molecule has 0 aliphatic heterocycles. The molecule has 0 amide bonds. The minimum atomic E-state index is 0. The van der Waals surface area contributed by atoms with Gasteiger partial charge in [0.25, 0.3) is 0 Å². The molecule has 0 N–H and O–H groups in total. The van der Waals surface area contributed by atoms with Gasteiger partial charge in [0.2, 0.25) is 0 Å². The van der Waals surface area contributed by atoms with Crippen LogP contribution in [-0.4, -0.2) is 37.9 Å². The standard InChI is InChI=1S/C18H28N.Li.H/c1-4-5-6-7-11-14-18(19(2)3)16-15-17-12-9-8-10-13-17;;/h8-10,12-13,15-16H,4-7,11,14H2,1-3H3;;. The van der Waals surface area contributed by atoms with Gasteiger partial charge in [0.1, 0.15) is 0 Å². The van der Waals surface area contributed by atoms with Crippen molar-refractivity contribution in [1.82, 2.24) is 4.90 Å². The first kappa shape index (κ1) is 19.5. The Morgan fingerprint density at radius 1 is 1.00 bits per heavy atom. The Morgan fingerprint density at radius 2 is 1.65 bits per heavy atom. The van der Waals surface area contributed by atoms with Gasteiger partial charge in [-0.25, -0.2) is 0 Å². The summed E-state index contributed by atoms with van der Waals surface area (Å²) in [5.41, 5.74) is 1.27. The summed E-state index contributed by atoms with van der Waals surface area (Å²) in [4.78, 5) is 2.24. The number of benzene rings is 1. The summed E-state index contributed by atoms with van der Waals surface area (Å²) < 4.78 is 0. The molecule has 20 heavy (non-hydrogen) atoms. The summed E-state index contributed by atoms with van der Waals surface area (Å²) in [5, 5.41) is 0.